The molecule has 0 saturated carbocycles. The summed E-state index contributed by atoms with van der Waals surface area (Å²) in [4.78, 5) is 10.7. The highest BCUT2D eigenvalue weighted by atomic mass is 14.8. The summed E-state index contributed by atoms with van der Waals surface area (Å²) in [5.74, 6) is 0. The molecule has 0 aliphatic heterocycles. The largest absolute Gasteiger partial charge is 0.361 e. The lowest BCUT2D eigenvalue weighted by molar-refractivity contribution is 1.33. The van der Waals surface area contributed by atoms with Gasteiger partial charge in [-0.25, -0.2) is 4.98 Å². The summed E-state index contributed by atoms with van der Waals surface area (Å²) < 4.78 is 0. The van der Waals surface area contributed by atoms with E-state index in [-0.39, 0.29) is 0 Å². The Morgan fingerprint density at radius 2 is 1.85 bits per heavy atom. The van der Waals surface area contributed by atoms with E-state index in [1.54, 1.807) is 6.20 Å². The van der Waals surface area contributed by atoms with Crippen molar-refractivity contribution < 1.29 is 0 Å². The molecule has 4 rings (SSSR count). The smallest absolute Gasteiger partial charge is 0.137 e. The Balaban J connectivity index is 2.05. The van der Waals surface area contributed by atoms with E-state index in [0.29, 0.717) is 5.56 Å². The van der Waals surface area contributed by atoms with Crippen LogP contribution in [0.1, 0.15) is 5.56 Å². The van der Waals surface area contributed by atoms with Gasteiger partial charge in [-0.1, -0.05) is 0 Å². The van der Waals surface area contributed by atoms with Crippen LogP contribution >= 0.6 is 0 Å². The number of benzene rings is 1. The monoisotopic (exact) mass is 258 g/mol. The number of H-pyrrole nitrogens is 2. The van der Waals surface area contributed by atoms with Gasteiger partial charge in [-0.05, 0) is 30.3 Å². The molecule has 3 heterocycles. The van der Waals surface area contributed by atoms with Crippen molar-refractivity contribution in [2.45, 2.75) is 0 Å². The van der Waals surface area contributed by atoms with Crippen molar-refractivity contribution in [3.05, 3.63) is 54.5 Å². The van der Waals surface area contributed by atoms with E-state index in [0.717, 1.165) is 33.1 Å². The van der Waals surface area contributed by atoms with Crippen LogP contribution < -0.4 is 0 Å². The van der Waals surface area contributed by atoms with E-state index in [1.807, 2.05) is 42.7 Å². The molecule has 20 heavy (non-hydrogen) atoms. The normalized spacial score (nSPS) is 10.9. The summed E-state index contributed by atoms with van der Waals surface area (Å²) in [5.41, 5.74) is 4.73. The molecule has 94 valence electrons. The van der Waals surface area contributed by atoms with E-state index < -0.39 is 0 Å². The number of nitriles is 1. The molecular formula is C16H10N4. The zero-order valence-corrected chi connectivity index (χ0v) is 10.5. The molecule has 0 bridgehead atoms. The highest BCUT2D eigenvalue weighted by Crippen LogP contribution is 2.33. The van der Waals surface area contributed by atoms with Crippen LogP contribution in [0.4, 0.5) is 0 Å². The molecule has 0 spiro atoms. The molecule has 0 aliphatic carbocycles. The maximum Gasteiger partial charge on any atom is 0.137 e. The number of aromatic nitrogens is 3. The topological polar surface area (TPSA) is 68.3 Å². The number of hydrogen-bond acceptors (Lipinski definition) is 2. The molecule has 1 aromatic carbocycles. The minimum Gasteiger partial charge on any atom is -0.361 e. The standard InChI is InChI=1S/C16H10N4/c17-7-10-3-4-15-12(6-10)14(8-19-15)13-9-20-16-11(13)2-1-5-18-16/h1-6,8-9,19H,(H,18,20). The van der Waals surface area contributed by atoms with Gasteiger partial charge < -0.3 is 9.97 Å². The van der Waals surface area contributed by atoms with E-state index in [4.69, 9.17) is 5.26 Å². The van der Waals surface area contributed by atoms with Gasteiger partial charge in [0.05, 0.1) is 11.6 Å². The molecule has 0 fully saturated rings. The van der Waals surface area contributed by atoms with Gasteiger partial charge in [0, 0.05) is 46.0 Å². The molecule has 3 aromatic heterocycles. The molecule has 0 atom stereocenters. The van der Waals surface area contributed by atoms with Gasteiger partial charge in [-0.3, -0.25) is 0 Å². The summed E-state index contributed by atoms with van der Waals surface area (Å²) >= 11 is 0. The molecule has 0 unspecified atom stereocenters. The average Bonchev–Trinajstić information content (AvgIpc) is 3.09. The van der Waals surface area contributed by atoms with E-state index in [9.17, 15) is 0 Å². The van der Waals surface area contributed by atoms with Gasteiger partial charge in [-0.15, -0.1) is 0 Å². The third-order valence-electron chi connectivity index (χ3n) is 3.55. The third-order valence-corrected chi connectivity index (χ3v) is 3.55. The lowest BCUT2D eigenvalue weighted by Gasteiger charge is -1.98. The molecule has 0 radical (unpaired) electrons. The van der Waals surface area contributed by atoms with Crippen LogP contribution in [0, 0.1) is 11.3 Å². The zero-order chi connectivity index (χ0) is 13.5. The first-order valence-corrected chi connectivity index (χ1v) is 6.30. The number of pyridine rings is 1. The molecular weight excluding hydrogens is 248 g/mol. The molecule has 4 aromatic rings. The first kappa shape index (κ1) is 10.8. The zero-order valence-electron chi connectivity index (χ0n) is 10.5. The lowest BCUT2D eigenvalue weighted by atomic mass is 10.0. The van der Waals surface area contributed by atoms with Gasteiger partial charge in [-0.2, -0.15) is 5.26 Å². The molecule has 4 heteroatoms. The lowest BCUT2D eigenvalue weighted by Crippen LogP contribution is -1.77. The van der Waals surface area contributed by atoms with Gasteiger partial charge >= 0.3 is 0 Å². The van der Waals surface area contributed by atoms with E-state index >= 15 is 0 Å². The van der Waals surface area contributed by atoms with Crippen molar-refractivity contribution in [3.63, 3.8) is 0 Å². The van der Waals surface area contributed by atoms with Crippen molar-refractivity contribution in [3.8, 4) is 17.2 Å². The van der Waals surface area contributed by atoms with Crippen LogP contribution in [-0.2, 0) is 0 Å². The number of fused-ring (bicyclic) bond motifs is 2. The number of aromatic amines is 2. The van der Waals surface area contributed by atoms with Crippen LogP contribution in [0.5, 0.6) is 0 Å². The number of hydrogen-bond donors (Lipinski definition) is 2. The van der Waals surface area contributed by atoms with Crippen molar-refractivity contribution in [1.29, 1.82) is 5.26 Å². The Morgan fingerprint density at radius 3 is 2.75 bits per heavy atom. The maximum atomic E-state index is 9.05. The van der Waals surface area contributed by atoms with Gasteiger partial charge in [0.1, 0.15) is 5.65 Å². The average molecular weight is 258 g/mol. The van der Waals surface area contributed by atoms with Crippen LogP contribution in [0.2, 0.25) is 0 Å². The highest BCUT2D eigenvalue weighted by molar-refractivity contribution is 6.04. The van der Waals surface area contributed by atoms with Crippen LogP contribution in [0.25, 0.3) is 33.1 Å². The van der Waals surface area contributed by atoms with Gasteiger partial charge in [0.2, 0.25) is 0 Å². The first-order chi connectivity index (χ1) is 9.86. The Hall–Kier alpha value is -3.06. The van der Waals surface area contributed by atoms with Crippen molar-refractivity contribution >= 4 is 21.9 Å². The van der Waals surface area contributed by atoms with Crippen molar-refractivity contribution in [2.75, 3.05) is 0 Å². The molecule has 2 N–H and O–H groups in total. The SMILES string of the molecule is N#Cc1ccc2[nH]cc(-c3c[nH]c4ncccc34)c2c1. The second-order valence-electron chi connectivity index (χ2n) is 4.68. The van der Waals surface area contributed by atoms with Crippen LogP contribution in [-0.4, -0.2) is 15.0 Å². The van der Waals surface area contributed by atoms with Gasteiger partial charge in [0.15, 0.2) is 0 Å². The molecule has 0 saturated heterocycles. The minimum atomic E-state index is 0.663. The Bertz CT molecular complexity index is 969. The maximum absolute atomic E-state index is 9.05. The van der Waals surface area contributed by atoms with Crippen molar-refractivity contribution in [2.24, 2.45) is 0 Å². The summed E-state index contributed by atoms with van der Waals surface area (Å²) in [6.45, 7) is 0. The Kier molecular flexibility index (Phi) is 2.15. The fraction of sp³-hybridized carbons (Fsp3) is 0. The fourth-order valence-electron chi connectivity index (χ4n) is 2.59. The Morgan fingerprint density at radius 1 is 1.00 bits per heavy atom. The fourth-order valence-corrected chi connectivity index (χ4v) is 2.59. The summed E-state index contributed by atoms with van der Waals surface area (Å²) in [5, 5.41) is 11.2. The predicted octanol–water partition coefficient (Wildman–Crippen LogP) is 3.58. The predicted molar refractivity (Wildman–Crippen MR) is 78.1 cm³/mol. The van der Waals surface area contributed by atoms with Gasteiger partial charge in [0.25, 0.3) is 0 Å². The highest BCUT2D eigenvalue weighted by Gasteiger charge is 2.11. The third kappa shape index (κ3) is 1.44. The summed E-state index contributed by atoms with van der Waals surface area (Å²) in [7, 11) is 0. The first-order valence-electron chi connectivity index (χ1n) is 6.30. The van der Waals surface area contributed by atoms with E-state index in [2.05, 4.69) is 21.0 Å². The minimum absolute atomic E-state index is 0.663. The van der Waals surface area contributed by atoms with E-state index in [1.165, 1.54) is 0 Å². The van der Waals surface area contributed by atoms with Crippen LogP contribution in [0.3, 0.4) is 0 Å². The van der Waals surface area contributed by atoms with Crippen LogP contribution in [0.15, 0.2) is 48.9 Å². The number of nitrogens with zero attached hydrogens (tertiary/aromatic N) is 2. The molecule has 0 amide bonds. The quantitative estimate of drug-likeness (QED) is 0.548. The van der Waals surface area contributed by atoms with Crippen molar-refractivity contribution in [1.82, 2.24) is 15.0 Å². The summed E-state index contributed by atoms with van der Waals surface area (Å²) in [6.07, 6.45) is 5.70. The summed E-state index contributed by atoms with van der Waals surface area (Å²) in [6, 6.07) is 11.8. The second kappa shape index (κ2) is 3.97. The Labute approximate surface area is 114 Å². The molecule has 4 nitrogen and oxygen atoms in total. The number of rotatable bonds is 1. The second-order valence-corrected chi connectivity index (χ2v) is 4.68. The number of nitrogens with one attached hydrogen (secondary N) is 2. The molecule has 0 aliphatic rings.